The Morgan fingerprint density at radius 2 is 1.55 bits per heavy atom. The summed E-state index contributed by atoms with van der Waals surface area (Å²) in [5.41, 5.74) is 0. The molecule has 0 aromatic rings. The molecule has 70 valence electrons. The lowest BCUT2D eigenvalue weighted by atomic mass is 10.0. The normalized spacial score (nSPS) is 11.7. The van der Waals surface area contributed by atoms with E-state index in [4.69, 9.17) is 5.11 Å². The van der Waals surface area contributed by atoms with Crippen molar-refractivity contribution in [3.63, 3.8) is 0 Å². The van der Waals surface area contributed by atoms with Gasteiger partial charge in [-0.1, -0.05) is 47.0 Å². The minimum absolute atomic E-state index is 0.365. The van der Waals surface area contributed by atoms with Crippen LogP contribution in [0.25, 0.3) is 0 Å². The predicted molar refractivity (Wildman–Crippen MR) is 51.7 cm³/mol. The first-order valence-corrected chi connectivity index (χ1v) is 4.87. The fourth-order valence-electron chi connectivity index (χ4n) is 0.833. The Morgan fingerprint density at radius 3 is 1.64 bits per heavy atom. The van der Waals surface area contributed by atoms with E-state index in [1.54, 1.807) is 0 Å². The second-order valence-electron chi connectivity index (χ2n) is 2.95. The average Bonchev–Trinajstić information content (AvgIpc) is 2.02. The van der Waals surface area contributed by atoms with Crippen LogP contribution in [0.5, 0.6) is 0 Å². The zero-order chi connectivity index (χ0) is 9.11. The molecule has 0 aromatic carbocycles. The molecular formula is C10H24O. The summed E-state index contributed by atoms with van der Waals surface area (Å²) in [7, 11) is 0. The van der Waals surface area contributed by atoms with Crippen molar-refractivity contribution in [2.45, 2.75) is 53.4 Å². The van der Waals surface area contributed by atoms with Crippen LogP contribution in [0.1, 0.15) is 53.4 Å². The number of aliphatic hydroxyl groups excluding tert-OH is 1. The van der Waals surface area contributed by atoms with Crippen molar-refractivity contribution >= 4 is 0 Å². The minimum Gasteiger partial charge on any atom is -0.396 e. The molecule has 0 aliphatic carbocycles. The summed E-state index contributed by atoms with van der Waals surface area (Å²) in [6.07, 6.45) is 4.73. The van der Waals surface area contributed by atoms with Gasteiger partial charge in [-0.2, -0.15) is 0 Å². The Morgan fingerprint density at radius 1 is 1.09 bits per heavy atom. The maximum Gasteiger partial charge on any atom is 0.0459 e. The van der Waals surface area contributed by atoms with Crippen LogP contribution >= 0.6 is 0 Å². The van der Waals surface area contributed by atoms with Gasteiger partial charge in [-0.05, 0) is 12.3 Å². The smallest absolute Gasteiger partial charge is 0.0459 e. The van der Waals surface area contributed by atoms with Gasteiger partial charge in [0.2, 0.25) is 0 Å². The van der Waals surface area contributed by atoms with Gasteiger partial charge in [-0.15, -0.1) is 0 Å². The molecule has 1 N–H and O–H groups in total. The van der Waals surface area contributed by atoms with E-state index in [-0.39, 0.29) is 0 Å². The summed E-state index contributed by atoms with van der Waals surface area (Å²) in [6, 6.07) is 0. The van der Waals surface area contributed by atoms with Crippen molar-refractivity contribution in [2.24, 2.45) is 5.92 Å². The molecule has 0 aliphatic heterocycles. The van der Waals surface area contributed by atoms with Crippen molar-refractivity contribution in [1.82, 2.24) is 0 Å². The molecule has 0 heterocycles. The monoisotopic (exact) mass is 160 g/mol. The average molecular weight is 160 g/mol. The minimum atomic E-state index is 0.365. The topological polar surface area (TPSA) is 20.2 Å². The second kappa shape index (κ2) is 12.6. The number of rotatable bonds is 4. The number of aliphatic hydroxyl groups is 1. The standard InChI is InChI=1S/C7H16O.C3H8/c1-3-5-7(4-2)6-8;1-3-2/h7-8H,3-6H2,1-2H3;3H2,1-2H3. The lowest BCUT2D eigenvalue weighted by Crippen LogP contribution is -2.02. The van der Waals surface area contributed by atoms with Gasteiger partial charge in [0.25, 0.3) is 0 Å². The van der Waals surface area contributed by atoms with Crippen LogP contribution in [0.2, 0.25) is 0 Å². The lowest BCUT2D eigenvalue weighted by Gasteiger charge is -2.07. The quantitative estimate of drug-likeness (QED) is 0.669. The molecule has 0 spiro atoms. The van der Waals surface area contributed by atoms with Crippen LogP contribution in [0.4, 0.5) is 0 Å². The molecule has 11 heavy (non-hydrogen) atoms. The van der Waals surface area contributed by atoms with Gasteiger partial charge in [0.1, 0.15) is 0 Å². The summed E-state index contributed by atoms with van der Waals surface area (Å²) in [5.74, 6) is 0.556. The van der Waals surface area contributed by atoms with E-state index in [1.165, 1.54) is 19.3 Å². The molecule has 0 saturated carbocycles. The molecule has 0 aliphatic rings. The number of hydrogen-bond donors (Lipinski definition) is 1. The van der Waals surface area contributed by atoms with Gasteiger partial charge in [0.05, 0.1) is 0 Å². The van der Waals surface area contributed by atoms with Gasteiger partial charge in [-0.25, -0.2) is 0 Å². The van der Waals surface area contributed by atoms with Crippen molar-refractivity contribution in [3.8, 4) is 0 Å². The van der Waals surface area contributed by atoms with E-state index in [9.17, 15) is 0 Å². The van der Waals surface area contributed by atoms with E-state index >= 15 is 0 Å². The Bertz CT molecular complexity index is 48.8. The third-order valence-electron chi connectivity index (χ3n) is 1.53. The summed E-state index contributed by atoms with van der Waals surface area (Å²) in [4.78, 5) is 0. The van der Waals surface area contributed by atoms with Gasteiger partial charge in [0.15, 0.2) is 0 Å². The van der Waals surface area contributed by atoms with Crippen LogP contribution in [0.3, 0.4) is 0 Å². The summed E-state index contributed by atoms with van der Waals surface area (Å²) in [6.45, 7) is 8.89. The van der Waals surface area contributed by atoms with Crippen molar-refractivity contribution in [3.05, 3.63) is 0 Å². The fourth-order valence-corrected chi connectivity index (χ4v) is 0.833. The van der Waals surface area contributed by atoms with Gasteiger partial charge in [-0.3, -0.25) is 0 Å². The van der Waals surface area contributed by atoms with Crippen LogP contribution in [0, 0.1) is 5.92 Å². The highest BCUT2D eigenvalue weighted by molar-refractivity contribution is 4.51. The maximum absolute atomic E-state index is 8.66. The zero-order valence-corrected chi connectivity index (χ0v) is 8.56. The van der Waals surface area contributed by atoms with Crippen LogP contribution in [-0.2, 0) is 0 Å². The molecule has 0 rings (SSSR count). The molecule has 1 heteroatoms. The van der Waals surface area contributed by atoms with Gasteiger partial charge in [0, 0.05) is 6.61 Å². The summed E-state index contributed by atoms with van der Waals surface area (Å²) < 4.78 is 0. The molecule has 0 aromatic heterocycles. The van der Waals surface area contributed by atoms with Crippen LogP contribution < -0.4 is 0 Å². The molecule has 1 atom stereocenters. The molecule has 0 amide bonds. The molecular weight excluding hydrogens is 136 g/mol. The Labute approximate surface area is 71.8 Å². The Balaban J connectivity index is 0. The van der Waals surface area contributed by atoms with Crippen LogP contribution in [-0.4, -0.2) is 11.7 Å². The predicted octanol–water partition coefficient (Wildman–Crippen LogP) is 3.22. The molecule has 1 nitrogen and oxygen atoms in total. The SMILES string of the molecule is CCC.CCCC(CC)CO. The summed E-state index contributed by atoms with van der Waals surface area (Å²) >= 11 is 0. The van der Waals surface area contributed by atoms with Crippen molar-refractivity contribution in [2.75, 3.05) is 6.61 Å². The third kappa shape index (κ3) is 13.0. The fraction of sp³-hybridized carbons (Fsp3) is 1.00. The van der Waals surface area contributed by atoms with Crippen LogP contribution in [0.15, 0.2) is 0 Å². The first-order chi connectivity index (χ1) is 5.26. The highest BCUT2D eigenvalue weighted by Crippen LogP contribution is 2.08. The largest absolute Gasteiger partial charge is 0.396 e. The second-order valence-corrected chi connectivity index (χ2v) is 2.95. The molecule has 0 saturated heterocycles. The Hall–Kier alpha value is -0.0400. The van der Waals surface area contributed by atoms with E-state index in [1.807, 2.05) is 0 Å². The first-order valence-electron chi connectivity index (χ1n) is 4.87. The molecule has 0 radical (unpaired) electrons. The van der Waals surface area contributed by atoms with Crippen molar-refractivity contribution in [1.29, 1.82) is 0 Å². The third-order valence-corrected chi connectivity index (χ3v) is 1.53. The van der Waals surface area contributed by atoms with E-state index in [2.05, 4.69) is 27.7 Å². The van der Waals surface area contributed by atoms with Gasteiger partial charge < -0.3 is 5.11 Å². The Kier molecular flexibility index (Phi) is 15.5. The number of hydrogen-bond acceptors (Lipinski definition) is 1. The highest BCUT2D eigenvalue weighted by atomic mass is 16.3. The van der Waals surface area contributed by atoms with Crippen molar-refractivity contribution < 1.29 is 5.11 Å². The first kappa shape index (κ1) is 13.5. The molecule has 0 fully saturated rings. The summed E-state index contributed by atoms with van der Waals surface area (Å²) in [5, 5.41) is 8.66. The van der Waals surface area contributed by atoms with Gasteiger partial charge >= 0.3 is 0 Å². The lowest BCUT2D eigenvalue weighted by molar-refractivity contribution is 0.214. The maximum atomic E-state index is 8.66. The molecule has 1 unspecified atom stereocenters. The van der Waals surface area contributed by atoms with E-state index in [0.717, 1.165) is 6.42 Å². The van der Waals surface area contributed by atoms with E-state index < -0.39 is 0 Å². The zero-order valence-electron chi connectivity index (χ0n) is 8.56. The van der Waals surface area contributed by atoms with E-state index in [0.29, 0.717) is 12.5 Å². The highest BCUT2D eigenvalue weighted by Gasteiger charge is 2.00. The molecule has 0 bridgehead atoms.